The second-order valence-electron chi connectivity index (χ2n) is 3.68. The molecule has 1 aromatic rings. The van der Waals surface area contributed by atoms with Gasteiger partial charge >= 0.3 is 22.9 Å². The third-order valence-corrected chi connectivity index (χ3v) is 4.24. The van der Waals surface area contributed by atoms with Crippen LogP contribution < -0.4 is 0 Å². The second kappa shape index (κ2) is 6.02. The summed E-state index contributed by atoms with van der Waals surface area (Å²) in [6.07, 6.45) is -12.0. The molecular weight excluding hydrogens is 374 g/mol. The van der Waals surface area contributed by atoms with E-state index < -0.39 is 56.2 Å². The minimum Gasteiger partial charge on any atom is -0.183 e. The highest BCUT2D eigenvalue weighted by molar-refractivity contribution is 8.03. The summed E-state index contributed by atoms with van der Waals surface area (Å²) in [4.78, 5) is -2.09. The van der Waals surface area contributed by atoms with E-state index in [1.165, 1.54) is 0 Å². The molecule has 0 saturated heterocycles. The van der Waals surface area contributed by atoms with Gasteiger partial charge in [-0.1, -0.05) is 12.1 Å². The molecule has 0 aliphatic carbocycles. The van der Waals surface area contributed by atoms with Gasteiger partial charge in [-0.2, -0.15) is 43.9 Å². The fraction of sp³-hybridized carbons (Fsp3) is 0.400. The lowest BCUT2D eigenvalue weighted by Crippen LogP contribution is -2.33. The van der Waals surface area contributed by atoms with Crippen molar-refractivity contribution in [1.82, 2.24) is 0 Å². The molecule has 0 N–H and O–H groups in total. The van der Waals surface area contributed by atoms with Gasteiger partial charge in [0.15, 0.2) is 0 Å². The van der Waals surface area contributed by atoms with Gasteiger partial charge in [0.2, 0.25) is 0 Å². The van der Waals surface area contributed by atoms with Gasteiger partial charge in [0.25, 0.3) is 0 Å². The van der Waals surface area contributed by atoms with Gasteiger partial charge in [-0.25, -0.2) is 0 Å². The zero-order valence-corrected chi connectivity index (χ0v) is 11.5. The molecule has 0 heterocycles. The Bertz CT molecular complexity index is 472. The van der Waals surface area contributed by atoms with Crippen molar-refractivity contribution >= 4 is 23.5 Å². The van der Waals surface area contributed by atoms with Crippen molar-refractivity contribution in [3.8, 4) is 0 Å². The Morgan fingerprint density at radius 2 is 0.818 bits per heavy atom. The van der Waals surface area contributed by atoms with E-state index in [-0.39, 0.29) is 0 Å². The summed E-state index contributed by atoms with van der Waals surface area (Å²) in [7, 11) is 0. The van der Waals surface area contributed by atoms with Crippen LogP contribution in [0.4, 0.5) is 43.9 Å². The Kier molecular flexibility index (Phi) is 5.27. The van der Waals surface area contributed by atoms with Gasteiger partial charge in [0.1, 0.15) is 0 Å². The Hall–Kier alpha value is -0.780. The van der Waals surface area contributed by atoms with Gasteiger partial charge < -0.3 is 0 Å². The Balaban J connectivity index is 3.12. The fourth-order valence-corrected chi connectivity index (χ4v) is 2.68. The van der Waals surface area contributed by atoms with Gasteiger partial charge in [0.05, 0.1) is 0 Å². The molecule has 1 aromatic carbocycles. The Morgan fingerprint density at radius 3 is 1.05 bits per heavy atom. The van der Waals surface area contributed by atoms with E-state index in [9.17, 15) is 43.9 Å². The van der Waals surface area contributed by atoms with Crippen LogP contribution in [0.15, 0.2) is 34.1 Å². The van der Waals surface area contributed by atoms with Gasteiger partial charge in [-0.05, 0) is 35.7 Å². The maximum Gasteiger partial charge on any atom is 0.464 e. The van der Waals surface area contributed by atoms with Crippen LogP contribution in [0.3, 0.4) is 0 Å². The molecule has 0 aromatic heterocycles. The number of rotatable bonds is 4. The molecule has 0 spiro atoms. The van der Waals surface area contributed by atoms with Crippen molar-refractivity contribution in [2.45, 2.75) is 32.7 Å². The van der Waals surface area contributed by atoms with Crippen LogP contribution in [0, 0.1) is 0 Å². The quantitative estimate of drug-likeness (QED) is 0.453. The molecule has 12 heteroatoms. The number of alkyl halides is 10. The maximum atomic E-state index is 12.9. The molecule has 0 radical (unpaired) electrons. The van der Waals surface area contributed by atoms with Crippen LogP contribution in [0.5, 0.6) is 0 Å². The summed E-state index contributed by atoms with van der Waals surface area (Å²) in [6.45, 7) is 0. The predicted octanol–water partition coefficient (Wildman–Crippen LogP) is 6.18. The van der Waals surface area contributed by atoms with Crippen molar-refractivity contribution in [3.05, 3.63) is 24.3 Å². The van der Waals surface area contributed by atoms with Crippen LogP contribution in [-0.4, -0.2) is 22.9 Å². The van der Waals surface area contributed by atoms with E-state index in [0.29, 0.717) is 12.1 Å². The minimum absolute atomic E-state index is 0.596. The van der Waals surface area contributed by atoms with Crippen LogP contribution in [0.2, 0.25) is 0 Å². The largest absolute Gasteiger partial charge is 0.464 e. The highest BCUT2D eigenvalue weighted by Gasteiger charge is 2.60. The topological polar surface area (TPSA) is 0 Å². The molecule has 0 fully saturated rings. The van der Waals surface area contributed by atoms with Crippen molar-refractivity contribution in [2.24, 2.45) is 0 Å². The normalized spacial score (nSPS) is 14.3. The SMILES string of the molecule is FC(F)(F)C(F)(F)Sc1ccccc1SC(F)(F)C(F)(F)F. The van der Waals surface area contributed by atoms with Crippen LogP contribution in [0.25, 0.3) is 0 Å². The molecule has 0 atom stereocenters. The van der Waals surface area contributed by atoms with Gasteiger partial charge in [-0.3, -0.25) is 0 Å². The van der Waals surface area contributed by atoms with Crippen LogP contribution in [0.1, 0.15) is 0 Å². The summed E-state index contributed by atoms with van der Waals surface area (Å²) >= 11 is -2.30. The number of thioether (sulfide) groups is 2. The van der Waals surface area contributed by atoms with E-state index in [4.69, 9.17) is 0 Å². The molecular formula is C10H4F10S2. The molecule has 0 unspecified atom stereocenters. The molecule has 0 bridgehead atoms. The monoisotopic (exact) mass is 378 g/mol. The van der Waals surface area contributed by atoms with Crippen molar-refractivity contribution in [2.75, 3.05) is 0 Å². The first-order chi connectivity index (χ1) is 9.67. The Labute approximate surface area is 125 Å². The summed E-state index contributed by atoms with van der Waals surface area (Å²) in [5.41, 5.74) is 0. The number of halogens is 10. The highest BCUT2D eigenvalue weighted by atomic mass is 32.2. The maximum absolute atomic E-state index is 12.9. The Morgan fingerprint density at radius 1 is 0.545 bits per heavy atom. The number of benzene rings is 1. The zero-order chi connectivity index (χ0) is 17.4. The number of hydrogen-bond acceptors (Lipinski definition) is 2. The van der Waals surface area contributed by atoms with Crippen molar-refractivity contribution < 1.29 is 43.9 Å². The first kappa shape index (κ1) is 19.3. The minimum atomic E-state index is -5.98. The first-order valence-electron chi connectivity index (χ1n) is 5.03. The van der Waals surface area contributed by atoms with E-state index in [0.717, 1.165) is 12.1 Å². The zero-order valence-electron chi connectivity index (χ0n) is 9.91. The van der Waals surface area contributed by atoms with E-state index >= 15 is 0 Å². The van der Waals surface area contributed by atoms with E-state index in [1.54, 1.807) is 0 Å². The third kappa shape index (κ3) is 4.37. The average molecular weight is 378 g/mol. The van der Waals surface area contributed by atoms with Crippen LogP contribution in [-0.2, 0) is 0 Å². The lowest BCUT2D eigenvalue weighted by molar-refractivity contribution is -0.238. The lowest BCUT2D eigenvalue weighted by atomic mass is 10.4. The summed E-state index contributed by atoms with van der Waals surface area (Å²) in [6, 6.07) is 3.06. The molecule has 126 valence electrons. The second-order valence-corrected chi connectivity index (χ2v) is 5.99. The molecule has 22 heavy (non-hydrogen) atoms. The van der Waals surface area contributed by atoms with Gasteiger partial charge in [0, 0.05) is 9.79 Å². The number of hydrogen-bond donors (Lipinski definition) is 0. The highest BCUT2D eigenvalue weighted by Crippen LogP contribution is 2.53. The van der Waals surface area contributed by atoms with Crippen LogP contribution >= 0.6 is 23.5 Å². The molecule has 0 aliphatic heterocycles. The standard InChI is InChI=1S/C10H4F10S2/c11-7(12,13)9(17,18)21-5-3-1-2-4-6(5)22-10(19,20)8(14,15)16/h1-4H. The summed E-state index contributed by atoms with van der Waals surface area (Å²) in [5.74, 6) is 0. The summed E-state index contributed by atoms with van der Waals surface area (Å²) < 4.78 is 124. The smallest absolute Gasteiger partial charge is 0.183 e. The molecule has 0 nitrogen and oxygen atoms in total. The fourth-order valence-electron chi connectivity index (χ4n) is 1.01. The molecule has 0 saturated carbocycles. The molecule has 1 rings (SSSR count). The lowest BCUT2D eigenvalue weighted by Gasteiger charge is -2.22. The van der Waals surface area contributed by atoms with E-state index in [1.807, 2.05) is 0 Å². The van der Waals surface area contributed by atoms with E-state index in [2.05, 4.69) is 0 Å². The third-order valence-electron chi connectivity index (χ3n) is 1.99. The molecule has 0 aliphatic rings. The predicted molar refractivity (Wildman–Crippen MR) is 60.2 cm³/mol. The van der Waals surface area contributed by atoms with Crippen molar-refractivity contribution in [1.29, 1.82) is 0 Å². The summed E-state index contributed by atoms with van der Waals surface area (Å²) in [5, 5.41) is -10.7. The van der Waals surface area contributed by atoms with Crippen molar-refractivity contribution in [3.63, 3.8) is 0 Å². The molecule has 0 amide bonds. The van der Waals surface area contributed by atoms with Gasteiger partial charge in [-0.15, -0.1) is 0 Å². The average Bonchev–Trinajstić information content (AvgIpc) is 2.28. The first-order valence-corrected chi connectivity index (χ1v) is 6.67.